The first-order chi connectivity index (χ1) is 9.91. The Balaban J connectivity index is 2.30. The van der Waals surface area contributed by atoms with Gasteiger partial charge in [-0.25, -0.2) is 0 Å². The number of rotatable bonds is 9. The third kappa shape index (κ3) is 6.46. The highest BCUT2D eigenvalue weighted by molar-refractivity contribution is 5.44. The highest BCUT2D eigenvalue weighted by atomic mass is 16.5. The van der Waals surface area contributed by atoms with Crippen molar-refractivity contribution in [2.45, 2.75) is 33.3 Å². The molecule has 0 spiro atoms. The molecule has 0 aromatic heterocycles. The maximum atomic E-state index is 9.97. The Morgan fingerprint density at radius 3 is 2.52 bits per heavy atom. The summed E-state index contributed by atoms with van der Waals surface area (Å²) in [6.07, 6.45) is 0.597. The molecule has 0 aliphatic heterocycles. The van der Waals surface area contributed by atoms with E-state index in [-0.39, 0.29) is 0 Å². The van der Waals surface area contributed by atoms with E-state index in [2.05, 4.69) is 50.3 Å². The van der Waals surface area contributed by atoms with Gasteiger partial charge in [0.2, 0.25) is 0 Å². The lowest BCUT2D eigenvalue weighted by Gasteiger charge is -2.17. The molecule has 0 aliphatic carbocycles. The van der Waals surface area contributed by atoms with Crippen LogP contribution in [-0.4, -0.2) is 56.4 Å². The fourth-order valence-corrected chi connectivity index (χ4v) is 2.18. The quantitative estimate of drug-likeness (QED) is 0.683. The number of benzene rings is 1. The zero-order valence-corrected chi connectivity index (χ0v) is 14.1. The number of nitrogens with zero attached hydrogens (tertiary/aromatic N) is 1. The van der Waals surface area contributed by atoms with Crippen LogP contribution >= 0.6 is 0 Å². The molecule has 120 valence electrons. The van der Waals surface area contributed by atoms with E-state index in [1.165, 1.54) is 5.56 Å². The van der Waals surface area contributed by atoms with E-state index in [1.807, 2.05) is 6.92 Å². The van der Waals surface area contributed by atoms with Crippen molar-refractivity contribution in [3.8, 4) is 5.75 Å². The van der Waals surface area contributed by atoms with Gasteiger partial charge in [0.1, 0.15) is 18.5 Å². The van der Waals surface area contributed by atoms with Gasteiger partial charge in [-0.05, 0) is 71.1 Å². The molecular formula is C17H30N2O2. The van der Waals surface area contributed by atoms with Crippen LogP contribution in [0.3, 0.4) is 0 Å². The Bertz CT molecular complexity index is 433. The summed E-state index contributed by atoms with van der Waals surface area (Å²) in [7, 11) is 4.13. The summed E-state index contributed by atoms with van der Waals surface area (Å²) in [6, 6.07) is 4.16. The van der Waals surface area contributed by atoms with Crippen LogP contribution < -0.4 is 10.1 Å². The fourth-order valence-electron chi connectivity index (χ4n) is 2.18. The van der Waals surface area contributed by atoms with E-state index in [9.17, 15) is 5.11 Å². The summed E-state index contributed by atoms with van der Waals surface area (Å²) in [6.45, 7) is 9.03. The summed E-state index contributed by atoms with van der Waals surface area (Å²) in [5.74, 6) is 0.904. The SMILES string of the molecule is Cc1ccc(C)c(OC[C@H](O)CNCCCN(C)C)c1C. The molecule has 0 unspecified atom stereocenters. The van der Waals surface area contributed by atoms with Gasteiger partial charge in [0.05, 0.1) is 0 Å². The van der Waals surface area contributed by atoms with Gasteiger partial charge < -0.3 is 20.1 Å². The van der Waals surface area contributed by atoms with Crippen molar-refractivity contribution in [2.75, 3.05) is 40.3 Å². The van der Waals surface area contributed by atoms with Crippen LogP contribution in [0.4, 0.5) is 0 Å². The number of hydrogen-bond acceptors (Lipinski definition) is 4. The van der Waals surface area contributed by atoms with Crippen molar-refractivity contribution in [1.29, 1.82) is 0 Å². The van der Waals surface area contributed by atoms with Crippen molar-refractivity contribution in [3.05, 3.63) is 28.8 Å². The van der Waals surface area contributed by atoms with Gasteiger partial charge in [0.25, 0.3) is 0 Å². The Morgan fingerprint density at radius 2 is 1.86 bits per heavy atom. The number of nitrogens with one attached hydrogen (secondary N) is 1. The molecule has 1 atom stereocenters. The lowest BCUT2D eigenvalue weighted by Crippen LogP contribution is -2.33. The van der Waals surface area contributed by atoms with Crippen LogP contribution in [0.2, 0.25) is 0 Å². The number of ether oxygens (including phenoxy) is 1. The van der Waals surface area contributed by atoms with E-state index >= 15 is 0 Å². The first-order valence-corrected chi connectivity index (χ1v) is 7.65. The van der Waals surface area contributed by atoms with Crippen LogP contribution in [0, 0.1) is 20.8 Å². The molecule has 0 fully saturated rings. The highest BCUT2D eigenvalue weighted by Gasteiger charge is 2.09. The van der Waals surface area contributed by atoms with Crippen LogP contribution in [-0.2, 0) is 0 Å². The Kier molecular flexibility index (Phi) is 7.72. The Morgan fingerprint density at radius 1 is 1.19 bits per heavy atom. The van der Waals surface area contributed by atoms with E-state index in [0.717, 1.165) is 36.4 Å². The molecule has 1 aromatic carbocycles. The Labute approximate surface area is 129 Å². The zero-order chi connectivity index (χ0) is 15.8. The van der Waals surface area contributed by atoms with Gasteiger partial charge >= 0.3 is 0 Å². The molecule has 1 aromatic rings. The normalized spacial score (nSPS) is 12.7. The minimum absolute atomic E-state index is 0.325. The summed E-state index contributed by atoms with van der Waals surface area (Å²) in [5, 5.41) is 13.2. The topological polar surface area (TPSA) is 44.7 Å². The third-order valence-corrected chi connectivity index (χ3v) is 3.63. The predicted molar refractivity (Wildman–Crippen MR) is 88.2 cm³/mol. The number of hydrogen-bond donors (Lipinski definition) is 2. The lowest BCUT2D eigenvalue weighted by atomic mass is 10.1. The van der Waals surface area contributed by atoms with Crippen LogP contribution in [0.5, 0.6) is 5.75 Å². The van der Waals surface area contributed by atoms with E-state index in [4.69, 9.17) is 4.74 Å². The van der Waals surface area contributed by atoms with Crippen LogP contribution in [0.25, 0.3) is 0 Å². The summed E-state index contributed by atoms with van der Waals surface area (Å²) < 4.78 is 5.81. The molecule has 2 N–H and O–H groups in total. The number of aliphatic hydroxyl groups excluding tert-OH is 1. The lowest BCUT2D eigenvalue weighted by molar-refractivity contribution is 0.105. The van der Waals surface area contributed by atoms with Crippen molar-refractivity contribution >= 4 is 0 Å². The molecule has 0 heterocycles. The van der Waals surface area contributed by atoms with Gasteiger partial charge in [-0.3, -0.25) is 0 Å². The summed E-state index contributed by atoms with van der Waals surface area (Å²) in [4.78, 5) is 2.16. The predicted octanol–water partition coefficient (Wildman–Crippen LogP) is 1.89. The minimum atomic E-state index is -0.483. The smallest absolute Gasteiger partial charge is 0.125 e. The highest BCUT2D eigenvalue weighted by Crippen LogP contribution is 2.25. The standard InChI is InChI=1S/C17H30N2O2/c1-13-7-8-14(2)17(15(13)3)21-12-16(20)11-18-9-6-10-19(4)5/h7-8,16,18,20H,6,9-12H2,1-5H3/t16-/m1/s1. The van der Waals surface area contributed by atoms with E-state index in [0.29, 0.717) is 13.2 Å². The molecule has 0 aliphatic rings. The maximum absolute atomic E-state index is 9.97. The monoisotopic (exact) mass is 294 g/mol. The first-order valence-electron chi connectivity index (χ1n) is 7.65. The number of aliphatic hydroxyl groups is 1. The Hall–Kier alpha value is -1.10. The number of aryl methyl sites for hydroxylation is 2. The van der Waals surface area contributed by atoms with Crippen molar-refractivity contribution in [3.63, 3.8) is 0 Å². The molecule has 21 heavy (non-hydrogen) atoms. The third-order valence-electron chi connectivity index (χ3n) is 3.63. The molecule has 4 heteroatoms. The van der Waals surface area contributed by atoms with Crippen molar-refractivity contribution in [1.82, 2.24) is 10.2 Å². The van der Waals surface area contributed by atoms with Crippen molar-refractivity contribution in [2.24, 2.45) is 0 Å². The molecule has 0 amide bonds. The average Bonchev–Trinajstić information content (AvgIpc) is 2.42. The fraction of sp³-hybridized carbons (Fsp3) is 0.647. The molecule has 0 bridgehead atoms. The molecular weight excluding hydrogens is 264 g/mol. The molecule has 1 rings (SSSR count). The van der Waals surface area contributed by atoms with Crippen molar-refractivity contribution < 1.29 is 9.84 Å². The van der Waals surface area contributed by atoms with Crippen LogP contribution in [0.15, 0.2) is 12.1 Å². The minimum Gasteiger partial charge on any atom is -0.490 e. The van der Waals surface area contributed by atoms with Gasteiger partial charge in [-0.2, -0.15) is 0 Å². The molecule has 0 saturated carbocycles. The van der Waals surface area contributed by atoms with Gasteiger partial charge in [-0.1, -0.05) is 12.1 Å². The average molecular weight is 294 g/mol. The van der Waals surface area contributed by atoms with Gasteiger partial charge in [0, 0.05) is 6.54 Å². The summed E-state index contributed by atoms with van der Waals surface area (Å²) in [5.41, 5.74) is 3.48. The largest absolute Gasteiger partial charge is 0.490 e. The van der Waals surface area contributed by atoms with Gasteiger partial charge in [0.15, 0.2) is 0 Å². The van der Waals surface area contributed by atoms with Crippen LogP contribution in [0.1, 0.15) is 23.1 Å². The summed E-state index contributed by atoms with van der Waals surface area (Å²) >= 11 is 0. The maximum Gasteiger partial charge on any atom is 0.125 e. The van der Waals surface area contributed by atoms with Gasteiger partial charge in [-0.15, -0.1) is 0 Å². The van der Waals surface area contributed by atoms with E-state index in [1.54, 1.807) is 0 Å². The second-order valence-corrected chi connectivity index (χ2v) is 5.98. The molecule has 0 saturated heterocycles. The molecule has 4 nitrogen and oxygen atoms in total. The first kappa shape index (κ1) is 18.0. The second kappa shape index (κ2) is 9.03. The molecule has 0 radical (unpaired) electrons. The van der Waals surface area contributed by atoms with E-state index < -0.39 is 6.10 Å². The zero-order valence-electron chi connectivity index (χ0n) is 14.1. The second-order valence-electron chi connectivity index (χ2n) is 5.98.